The van der Waals surface area contributed by atoms with Crippen molar-refractivity contribution in [2.75, 3.05) is 18.0 Å². The monoisotopic (exact) mass is 366 g/mol. The van der Waals surface area contributed by atoms with E-state index < -0.39 is 6.17 Å². The molecule has 1 aliphatic rings. The highest BCUT2D eigenvalue weighted by atomic mass is 19.1. The van der Waals surface area contributed by atoms with Crippen molar-refractivity contribution in [3.63, 3.8) is 0 Å². The van der Waals surface area contributed by atoms with Crippen molar-refractivity contribution < 1.29 is 8.78 Å². The summed E-state index contributed by atoms with van der Waals surface area (Å²) in [5, 5.41) is 12.2. The fourth-order valence-electron chi connectivity index (χ4n) is 3.39. The SMILES string of the molecule is Cn1cc(-c2cc3c(-c4ccnc(N5CC(F)C5)c4)n[nH]c3cc2F)cn1. The lowest BCUT2D eigenvalue weighted by Crippen LogP contribution is -2.48. The quantitative estimate of drug-likeness (QED) is 0.604. The second-order valence-corrected chi connectivity index (χ2v) is 6.76. The van der Waals surface area contributed by atoms with Crippen LogP contribution in [0.1, 0.15) is 0 Å². The van der Waals surface area contributed by atoms with Gasteiger partial charge in [-0.15, -0.1) is 0 Å². The van der Waals surface area contributed by atoms with Gasteiger partial charge in [-0.25, -0.2) is 13.8 Å². The second-order valence-electron chi connectivity index (χ2n) is 6.76. The Morgan fingerprint density at radius 3 is 2.78 bits per heavy atom. The first kappa shape index (κ1) is 15.9. The number of nitrogens with one attached hydrogen (secondary N) is 1. The summed E-state index contributed by atoms with van der Waals surface area (Å²) in [5.41, 5.74) is 3.33. The number of aromatic nitrogens is 5. The number of benzene rings is 1. The van der Waals surface area contributed by atoms with Crippen molar-refractivity contribution in [3.8, 4) is 22.4 Å². The molecule has 0 amide bonds. The van der Waals surface area contributed by atoms with Gasteiger partial charge < -0.3 is 4.90 Å². The predicted octanol–water partition coefficient (Wildman–Crippen LogP) is 3.32. The lowest BCUT2D eigenvalue weighted by molar-refractivity contribution is 0.273. The normalized spacial score (nSPS) is 14.7. The van der Waals surface area contributed by atoms with Gasteiger partial charge in [0.05, 0.1) is 24.8 Å². The van der Waals surface area contributed by atoms with E-state index in [2.05, 4.69) is 20.3 Å². The minimum absolute atomic E-state index is 0.337. The molecule has 3 aromatic heterocycles. The van der Waals surface area contributed by atoms with Crippen LogP contribution in [-0.4, -0.2) is 44.2 Å². The summed E-state index contributed by atoms with van der Waals surface area (Å²) in [4.78, 5) is 6.20. The first-order chi connectivity index (χ1) is 13.1. The van der Waals surface area contributed by atoms with Crippen LogP contribution < -0.4 is 4.90 Å². The molecule has 4 aromatic rings. The topological polar surface area (TPSA) is 62.6 Å². The molecule has 5 rings (SSSR count). The first-order valence-electron chi connectivity index (χ1n) is 8.60. The number of hydrogen-bond acceptors (Lipinski definition) is 4. The van der Waals surface area contributed by atoms with Gasteiger partial charge in [0.15, 0.2) is 0 Å². The average Bonchev–Trinajstić information content (AvgIpc) is 3.24. The van der Waals surface area contributed by atoms with Crippen LogP contribution in [0.4, 0.5) is 14.6 Å². The maximum atomic E-state index is 14.5. The summed E-state index contributed by atoms with van der Waals surface area (Å²) in [5.74, 6) is 0.378. The minimum atomic E-state index is -0.799. The van der Waals surface area contributed by atoms with E-state index in [0.29, 0.717) is 41.2 Å². The molecule has 0 atom stereocenters. The maximum Gasteiger partial charge on any atom is 0.135 e. The molecule has 6 nitrogen and oxygen atoms in total. The molecule has 4 heterocycles. The molecular weight excluding hydrogens is 350 g/mol. The summed E-state index contributed by atoms with van der Waals surface area (Å²) in [6, 6.07) is 6.95. The largest absolute Gasteiger partial charge is 0.351 e. The van der Waals surface area contributed by atoms with E-state index in [1.807, 2.05) is 17.0 Å². The number of halogens is 2. The lowest BCUT2D eigenvalue weighted by atomic mass is 10.0. The molecule has 136 valence electrons. The van der Waals surface area contributed by atoms with E-state index >= 15 is 0 Å². The summed E-state index contributed by atoms with van der Waals surface area (Å²) in [7, 11) is 1.79. The smallest absolute Gasteiger partial charge is 0.135 e. The van der Waals surface area contributed by atoms with Crippen LogP contribution in [0.25, 0.3) is 33.3 Å². The van der Waals surface area contributed by atoms with Crippen molar-refractivity contribution in [1.82, 2.24) is 25.0 Å². The van der Waals surface area contributed by atoms with Gasteiger partial charge in [-0.05, 0) is 18.2 Å². The van der Waals surface area contributed by atoms with Crippen molar-refractivity contribution in [1.29, 1.82) is 0 Å². The van der Waals surface area contributed by atoms with Gasteiger partial charge in [-0.1, -0.05) is 0 Å². The summed E-state index contributed by atoms with van der Waals surface area (Å²) in [6.45, 7) is 0.711. The van der Waals surface area contributed by atoms with Gasteiger partial charge in [0.25, 0.3) is 0 Å². The third kappa shape index (κ3) is 2.64. The Labute approximate surface area is 153 Å². The number of fused-ring (bicyclic) bond motifs is 1. The van der Waals surface area contributed by atoms with Gasteiger partial charge in [0.1, 0.15) is 23.5 Å². The van der Waals surface area contributed by atoms with Gasteiger partial charge >= 0.3 is 0 Å². The number of nitrogens with zero attached hydrogens (tertiary/aromatic N) is 5. The van der Waals surface area contributed by atoms with E-state index in [0.717, 1.165) is 10.9 Å². The van der Waals surface area contributed by atoms with Crippen LogP contribution in [0.3, 0.4) is 0 Å². The number of rotatable bonds is 3. The number of hydrogen-bond donors (Lipinski definition) is 1. The third-order valence-corrected chi connectivity index (χ3v) is 4.85. The Bertz CT molecular complexity index is 1140. The zero-order valence-corrected chi connectivity index (χ0v) is 14.5. The fraction of sp³-hybridized carbons (Fsp3) is 0.211. The molecule has 0 bridgehead atoms. The van der Waals surface area contributed by atoms with Crippen LogP contribution in [0.5, 0.6) is 0 Å². The molecule has 0 spiro atoms. The van der Waals surface area contributed by atoms with Crippen molar-refractivity contribution in [2.45, 2.75) is 6.17 Å². The highest BCUT2D eigenvalue weighted by molar-refractivity contribution is 5.96. The van der Waals surface area contributed by atoms with E-state index in [1.54, 1.807) is 36.4 Å². The van der Waals surface area contributed by atoms with Gasteiger partial charge in [0.2, 0.25) is 0 Å². The molecule has 1 aromatic carbocycles. The van der Waals surface area contributed by atoms with E-state index in [1.165, 1.54) is 6.07 Å². The standard InChI is InChI=1S/C19H16F2N6/c1-26-8-12(7-23-26)14-5-15-17(6-16(14)21)24-25-19(15)11-2-3-22-18(4-11)27-9-13(20)10-27/h2-8,13H,9-10H2,1H3,(H,24,25). The van der Waals surface area contributed by atoms with Crippen molar-refractivity contribution in [2.24, 2.45) is 7.05 Å². The van der Waals surface area contributed by atoms with Gasteiger partial charge in [0, 0.05) is 47.6 Å². The zero-order valence-electron chi connectivity index (χ0n) is 14.5. The highest BCUT2D eigenvalue weighted by Gasteiger charge is 2.27. The lowest BCUT2D eigenvalue weighted by Gasteiger charge is -2.35. The molecule has 1 saturated heterocycles. The Hall–Kier alpha value is -3.29. The molecule has 1 N–H and O–H groups in total. The van der Waals surface area contributed by atoms with Crippen molar-refractivity contribution >= 4 is 16.7 Å². The number of pyridine rings is 1. The molecule has 0 aliphatic carbocycles. The van der Waals surface area contributed by atoms with Gasteiger partial charge in [-0.3, -0.25) is 9.78 Å². The molecule has 8 heteroatoms. The zero-order chi connectivity index (χ0) is 18.5. The Morgan fingerprint density at radius 2 is 2.04 bits per heavy atom. The molecule has 1 aliphatic heterocycles. The van der Waals surface area contributed by atoms with Crippen LogP contribution in [-0.2, 0) is 7.05 Å². The average molecular weight is 366 g/mol. The highest BCUT2D eigenvalue weighted by Crippen LogP contribution is 2.33. The molecule has 1 fully saturated rings. The molecular formula is C19H16F2N6. The number of H-pyrrole nitrogens is 1. The number of anilines is 1. The molecule has 0 unspecified atom stereocenters. The van der Waals surface area contributed by atoms with E-state index in [4.69, 9.17) is 0 Å². The van der Waals surface area contributed by atoms with E-state index in [-0.39, 0.29) is 5.82 Å². The van der Waals surface area contributed by atoms with Gasteiger partial charge in [-0.2, -0.15) is 10.2 Å². The number of aryl methyl sites for hydroxylation is 1. The van der Waals surface area contributed by atoms with Crippen LogP contribution >= 0.6 is 0 Å². The van der Waals surface area contributed by atoms with Crippen LogP contribution in [0, 0.1) is 5.82 Å². The summed E-state index contributed by atoms with van der Waals surface area (Å²) >= 11 is 0. The Kier molecular flexibility index (Phi) is 3.46. The Balaban J connectivity index is 1.61. The Morgan fingerprint density at radius 1 is 1.19 bits per heavy atom. The predicted molar refractivity (Wildman–Crippen MR) is 98.6 cm³/mol. The van der Waals surface area contributed by atoms with E-state index in [9.17, 15) is 8.78 Å². The molecule has 0 radical (unpaired) electrons. The number of aromatic amines is 1. The second kappa shape index (κ2) is 5.87. The maximum absolute atomic E-state index is 14.5. The minimum Gasteiger partial charge on any atom is -0.351 e. The first-order valence-corrected chi connectivity index (χ1v) is 8.60. The van der Waals surface area contributed by atoms with Crippen LogP contribution in [0.2, 0.25) is 0 Å². The number of alkyl halides is 1. The van der Waals surface area contributed by atoms with Crippen molar-refractivity contribution in [3.05, 3.63) is 48.7 Å². The summed E-state index contributed by atoms with van der Waals surface area (Å²) < 4.78 is 29.3. The van der Waals surface area contributed by atoms with Crippen LogP contribution in [0.15, 0.2) is 42.9 Å². The molecule has 27 heavy (non-hydrogen) atoms. The summed E-state index contributed by atoms with van der Waals surface area (Å²) in [6.07, 6.45) is 4.28. The molecule has 0 saturated carbocycles. The third-order valence-electron chi connectivity index (χ3n) is 4.85. The fourth-order valence-corrected chi connectivity index (χ4v) is 3.39.